The van der Waals surface area contributed by atoms with Crippen molar-refractivity contribution in [3.05, 3.63) is 32.6 Å². The van der Waals surface area contributed by atoms with Crippen LogP contribution in [0.25, 0.3) is 0 Å². The molecule has 1 aromatic heterocycles. The molecule has 0 bridgehead atoms. The Morgan fingerprint density at radius 1 is 1.22 bits per heavy atom. The van der Waals surface area contributed by atoms with Crippen molar-refractivity contribution in [2.24, 2.45) is 7.05 Å². The van der Waals surface area contributed by atoms with Gasteiger partial charge in [-0.3, -0.25) is 13.9 Å². The van der Waals surface area contributed by atoms with Crippen LogP contribution in [0.5, 0.6) is 0 Å². The van der Waals surface area contributed by atoms with Gasteiger partial charge in [0, 0.05) is 30.8 Å². The minimum atomic E-state index is -0.167. The highest BCUT2D eigenvalue weighted by atomic mass is 16.2. The molecule has 0 aromatic carbocycles. The quantitative estimate of drug-likeness (QED) is 0.704. The number of aromatic nitrogens is 2. The third-order valence-corrected chi connectivity index (χ3v) is 4.07. The van der Waals surface area contributed by atoms with Gasteiger partial charge in [-0.25, -0.2) is 4.79 Å². The normalized spacial score (nSPS) is 18.8. The molecule has 0 amide bonds. The van der Waals surface area contributed by atoms with Gasteiger partial charge in [-0.15, -0.1) is 0 Å². The molecule has 2 aliphatic rings. The molecule has 1 aliphatic carbocycles. The zero-order valence-electron chi connectivity index (χ0n) is 11.5. The summed E-state index contributed by atoms with van der Waals surface area (Å²) < 4.78 is 2.97. The van der Waals surface area contributed by atoms with E-state index in [0.29, 0.717) is 0 Å². The molecule has 18 heavy (non-hydrogen) atoms. The highest BCUT2D eigenvalue weighted by Gasteiger charge is 2.44. The van der Waals surface area contributed by atoms with E-state index in [2.05, 4.69) is 13.8 Å². The molecule has 1 spiro atoms. The number of nitrogens with zero attached hydrogens (tertiary/aromatic N) is 2. The number of rotatable bonds is 0. The molecular weight excluding hydrogens is 228 g/mol. The van der Waals surface area contributed by atoms with Crippen LogP contribution in [0.4, 0.5) is 0 Å². The zero-order valence-corrected chi connectivity index (χ0v) is 11.5. The van der Waals surface area contributed by atoms with Gasteiger partial charge in [0.2, 0.25) is 0 Å². The van der Waals surface area contributed by atoms with Crippen LogP contribution in [-0.4, -0.2) is 9.13 Å². The average Bonchev–Trinajstić information content (AvgIpc) is 2.66. The average molecular weight is 250 g/mol. The van der Waals surface area contributed by atoms with E-state index in [1.807, 2.05) is 0 Å². The van der Waals surface area contributed by atoms with Gasteiger partial charge >= 0.3 is 5.69 Å². The molecule has 4 heteroatoms. The Balaban J connectivity index is 0.000000367. The first kappa shape index (κ1) is 13.1. The summed E-state index contributed by atoms with van der Waals surface area (Å²) in [7, 11) is 1.55. The van der Waals surface area contributed by atoms with Gasteiger partial charge in [-0.1, -0.05) is 26.7 Å². The summed E-state index contributed by atoms with van der Waals surface area (Å²) in [5.74, 6) is 0. The SMILES string of the molecule is CCC.Cn1c(=O)cc2n(c1=O)CCC21CCC1. The van der Waals surface area contributed by atoms with E-state index in [9.17, 15) is 9.59 Å². The van der Waals surface area contributed by atoms with E-state index in [1.54, 1.807) is 17.7 Å². The highest BCUT2D eigenvalue weighted by molar-refractivity contribution is 5.24. The molecule has 1 fully saturated rings. The van der Waals surface area contributed by atoms with Crippen LogP contribution in [0, 0.1) is 0 Å². The summed E-state index contributed by atoms with van der Waals surface area (Å²) in [6.07, 6.45) is 5.79. The molecular formula is C14H22N2O2. The van der Waals surface area contributed by atoms with E-state index in [0.717, 1.165) is 31.5 Å². The first-order valence-corrected chi connectivity index (χ1v) is 6.87. The summed E-state index contributed by atoms with van der Waals surface area (Å²) in [6, 6.07) is 1.66. The van der Waals surface area contributed by atoms with Crippen molar-refractivity contribution in [2.75, 3.05) is 0 Å². The Morgan fingerprint density at radius 2 is 1.83 bits per heavy atom. The summed E-state index contributed by atoms with van der Waals surface area (Å²) in [5, 5.41) is 0. The van der Waals surface area contributed by atoms with Crippen molar-refractivity contribution in [1.29, 1.82) is 0 Å². The van der Waals surface area contributed by atoms with Crippen LogP contribution in [0.1, 0.15) is 51.6 Å². The topological polar surface area (TPSA) is 44.0 Å². The maximum Gasteiger partial charge on any atom is 0.330 e. The molecule has 1 aliphatic heterocycles. The third-order valence-electron chi connectivity index (χ3n) is 4.07. The summed E-state index contributed by atoms with van der Waals surface area (Å²) in [6.45, 7) is 5.03. The molecule has 1 saturated carbocycles. The molecule has 0 radical (unpaired) electrons. The van der Waals surface area contributed by atoms with Crippen molar-refractivity contribution in [2.45, 2.75) is 57.9 Å². The van der Waals surface area contributed by atoms with Gasteiger partial charge in [0.15, 0.2) is 0 Å². The van der Waals surface area contributed by atoms with Gasteiger partial charge in [0.1, 0.15) is 0 Å². The summed E-state index contributed by atoms with van der Waals surface area (Å²) >= 11 is 0. The minimum absolute atomic E-state index is 0.152. The molecule has 3 rings (SSSR count). The van der Waals surface area contributed by atoms with Crippen LogP contribution in [0.15, 0.2) is 15.7 Å². The van der Waals surface area contributed by atoms with Gasteiger partial charge in [0.05, 0.1) is 0 Å². The molecule has 0 atom stereocenters. The van der Waals surface area contributed by atoms with Crippen LogP contribution < -0.4 is 11.2 Å². The van der Waals surface area contributed by atoms with Crippen molar-refractivity contribution < 1.29 is 0 Å². The fourth-order valence-corrected chi connectivity index (χ4v) is 2.89. The second-order valence-electron chi connectivity index (χ2n) is 5.45. The van der Waals surface area contributed by atoms with Gasteiger partial charge < -0.3 is 0 Å². The van der Waals surface area contributed by atoms with Crippen LogP contribution in [0.3, 0.4) is 0 Å². The minimum Gasteiger partial charge on any atom is -0.297 e. The van der Waals surface area contributed by atoms with Crippen LogP contribution in [-0.2, 0) is 19.0 Å². The van der Waals surface area contributed by atoms with E-state index < -0.39 is 0 Å². The Bertz CT molecular complexity index is 550. The van der Waals surface area contributed by atoms with Crippen LogP contribution in [0.2, 0.25) is 0 Å². The van der Waals surface area contributed by atoms with Crippen molar-refractivity contribution >= 4 is 0 Å². The number of fused-ring (bicyclic) bond motifs is 2. The largest absolute Gasteiger partial charge is 0.330 e. The van der Waals surface area contributed by atoms with E-state index in [4.69, 9.17) is 0 Å². The van der Waals surface area contributed by atoms with Gasteiger partial charge in [-0.2, -0.15) is 0 Å². The summed E-state index contributed by atoms with van der Waals surface area (Å²) in [5.41, 5.74) is 0.842. The van der Waals surface area contributed by atoms with E-state index in [-0.39, 0.29) is 16.7 Å². The molecule has 0 N–H and O–H groups in total. The Kier molecular flexibility index (Phi) is 3.46. The lowest BCUT2D eigenvalue weighted by Crippen LogP contribution is -2.40. The predicted octanol–water partition coefficient (Wildman–Crippen LogP) is 1.79. The lowest BCUT2D eigenvalue weighted by atomic mass is 9.66. The molecule has 0 unspecified atom stereocenters. The smallest absolute Gasteiger partial charge is 0.297 e. The predicted molar refractivity (Wildman–Crippen MR) is 72.1 cm³/mol. The lowest BCUT2D eigenvalue weighted by Gasteiger charge is -2.38. The molecule has 2 heterocycles. The molecule has 1 aromatic rings. The van der Waals surface area contributed by atoms with Crippen molar-refractivity contribution in [3.63, 3.8) is 0 Å². The maximum atomic E-state index is 11.8. The molecule has 0 saturated heterocycles. The van der Waals surface area contributed by atoms with Crippen molar-refractivity contribution in [1.82, 2.24) is 9.13 Å². The zero-order chi connectivity index (χ0) is 13.3. The first-order chi connectivity index (χ1) is 8.55. The Labute approximate surface area is 107 Å². The molecule has 100 valence electrons. The van der Waals surface area contributed by atoms with Crippen molar-refractivity contribution in [3.8, 4) is 0 Å². The van der Waals surface area contributed by atoms with Crippen LogP contribution >= 0.6 is 0 Å². The molecule has 4 nitrogen and oxygen atoms in total. The van der Waals surface area contributed by atoms with E-state index in [1.165, 1.54) is 17.4 Å². The Hall–Kier alpha value is -1.32. The Morgan fingerprint density at radius 3 is 2.33 bits per heavy atom. The number of hydrogen-bond donors (Lipinski definition) is 0. The standard InChI is InChI=1S/C11H14N2O2.C3H8/c1-12-9(14)7-8-11(3-2-4-11)5-6-13(8)10(12)15;1-3-2/h7H,2-6H2,1H3;3H2,1-2H3. The first-order valence-electron chi connectivity index (χ1n) is 6.87. The third kappa shape index (κ3) is 1.84. The monoisotopic (exact) mass is 250 g/mol. The fraction of sp³-hybridized carbons (Fsp3) is 0.714. The van der Waals surface area contributed by atoms with E-state index >= 15 is 0 Å². The summed E-state index contributed by atoms with van der Waals surface area (Å²) in [4.78, 5) is 23.4. The maximum absolute atomic E-state index is 11.8. The fourth-order valence-electron chi connectivity index (χ4n) is 2.89. The lowest BCUT2D eigenvalue weighted by molar-refractivity contribution is 0.243. The highest BCUT2D eigenvalue weighted by Crippen LogP contribution is 2.48. The van der Waals surface area contributed by atoms with Gasteiger partial charge in [0.25, 0.3) is 5.56 Å². The number of hydrogen-bond acceptors (Lipinski definition) is 2. The second kappa shape index (κ2) is 4.75. The second-order valence-corrected chi connectivity index (χ2v) is 5.45. The van der Waals surface area contributed by atoms with Gasteiger partial charge in [-0.05, 0) is 19.3 Å².